The maximum Gasteiger partial charge on any atom is 0.329 e. The predicted octanol–water partition coefficient (Wildman–Crippen LogP) is 4.36. The number of hydrogen-bond donors (Lipinski definition) is 3. The van der Waals surface area contributed by atoms with E-state index in [1.165, 1.54) is 7.11 Å². The van der Waals surface area contributed by atoms with Crippen LogP contribution in [0.1, 0.15) is 100 Å². The van der Waals surface area contributed by atoms with Crippen molar-refractivity contribution in [1.82, 2.24) is 25.8 Å². The van der Waals surface area contributed by atoms with Crippen LogP contribution in [-0.2, 0) is 44.6 Å². The molecule has 1 heterocycles. The molecule has 0 aromatic heterocycles. The normalized spacial score (nSPS) is 19.0. The molecule has 0 saturated carbocycles. The summed E-state index contributed by atoms with van der Waals surface area (Å²) in [6, 6.07) is 6.42. The van der Waals surface area contributed by atoms with Crippen molar-refractivity contribution in [2.45, 2.75) is 149 Å². The van der Waals surface area contributed by atoms with Gasteiger partial charge in [0.1, 0.15) is 17.7 Å². The number of ether oxygens (including phenoxy) is 3. The van der Waals surface area contributed by atoms with E-state index in [2.05, 4.69) is 16.0 Å². The number of nitrogens with one attached hydrogen (secondary N) is 3. The fourth-order valence-electron chi connectivity index (χ4n) is 7.77. The van der Waals surface area contributed by atoms with Crippen LogP contribution in [0.15, 0.2) is 30.3 Å². The smallest absolute Gasteiger partial charge is 0.329 e. The molecule has 56 heavy (non-hydrogen) atoms. The molecule has 2 rings (SSSR count). The number of carbonyl (C=O) groups excluding carboxylic acids is 5. The van der Waals surface area contributed by atoms with E-state index in [-0.39, 0.29) is 54.2 Å². The van der Waals surface area contributed by atoms with Gasteiger partial charge in [-0.05, 0) is 64.0 Å². The standard InChI is InChI=1S/C43H73N5O8/c1-15-28(6)37(47(12)41(52)36(27(4)5)46-40(51)35(44-11)26(2)3)33(54-13)25-34(49)48-23-19-22-32(48)38(55-14)29(7)39(50)45-31(42(53)56-43(8,9)10)24-30-20-17-16-18-21-30/h16-18,20-21,26-29,31-33,35-38,44H,15,19,22-25H2,1-14H3,(H,45,50)(H,46,51)/t28-,29+,31-,32-,33+,35-,36-,37-,38+/m0/s1. The van der Waals surface area contributed by atoms with Crippen LogP contribution in [0.4, 0.5) is 0 Å². The van der Waals surface area contributed by atoms with Crippen molar-refractivity contribution in [3.8, 4) is 0 Å². The van der Waals surface area contributed by atoms with Gasteiger partial charge in [0.15, 0.2) is 0 Å². The Bertz CT molecular complexity index is 1420. The molecule has 1 saturated heterocycles. The van der Waals surface area contributed by atoms with E-state index in [1.807, 2.05) is 71.9 Å². The van der Waals surface area contributed by atoms with Crippen LogP contribution in [0.25, 0.3) is 0 Å². The first-order valence-corrected chi connectivity index (χ1v) is 20.4. The van der Waals surface area contributed by atoms with Crippen molar-refractivity contribution in [2.75, 3.05) is 34.9 Å². The SMILES string of the molecule is CC[C@H](C)[C@@H]([C@@H](CC(=O)N1CCC[C@H]1[C@H](OC)[C@@H](C)C(=O)N[C@@H](Cc1ccccc1)C(=O)OC(C)(C)C)OC)N(C)C(=O)[C@@H](NC(=O)[C@@H](NC)C(C)C)C(C)C. The molecule has 4 amide bonds. The maximum atomic E-state index is 14.3. The summed E-state index contributed by atoms with van der Waals surface area (Å²) in [5.41, 5.74) is 0.134. The first-order chi connectivity index (χ1) is 26.2. The van der Waals surface area contributed by atoms with Gasteiger partial charge in [0.2, 0.25) is 23.6 Å². The fourth-order valence-corrected chi connectivity index (χ4v) is 7.77. The number of methoxy groups -OCH3 is 2. The zero-order chi connectivity index (χ0) is 42.5. The predicted molar refractivity (Wildman–Crippen MR) is 218 cm³/mol. The number of hydrogen-bond acceptors (Lipinski definition) is 9. The van der Waals surface area contributed by atoms with Gasteiger partial charge in [-0.2, -0.15) is 0 Å². The summed E-state index contributed by atoms with van der Waals surface area (Å²) in [7, 11) is 6.53. The lowest BCUT2D eigenvalue weighted by atomic mass is 9.89. The Labute approximate surface area is 336 Å². The summed E-state index contributed by atoms with van der Waals surface area (Å²) in [5, 5.41) is 8.96. The van der Waals surface area contributed by atoms with E-state index < -0.39 is 59.9 Å². The van der Waals surface area contributed by atoms with Crippen molar-refractivity contribution < 1.29 is 38.2 Å². The first-order valence-electron chi connectivity index (χ1n) is 20.4. The summed E-state index contributed by atoms with van der Waals surface area (Å²) in [6.45, 7) is 19.3. The number of carbonyl (C=O) groups is 5. The zero-order valence-corrected chi connectivity index (χ0v) is 36.6. The average molecular weight is 788 g/mol. The van der Waals surface area contributed by atoms with Gasteiger partial charge in [0.25, 0.3) is 0 Å². The van der Waals surface area contributed by atoms with Gasteiger partial charge < -0.3 is 40.0 Å². The molecule has 0 unspecified atom stereocenters. The highest BCUT2D eigenvalue weighted by molar-refractivity contribution is 5.90. The average Bonchev–Trinajstić information content (AvgIpc) is 3.62. The highest BCUT2D eigenvalue weighted by Gasteiger charge is 2.43. The van der Waals surface area contributed by atoms with E-state index in [9.17, 15) is 24.0 Å². The molecule has 1 aromatic carbocycles. The molecule has 9 atom stereocenters. The third-order valence-corrected chi connectivity index (χ3v) is 11.0. The molecule has 0 bridgehead atoms. The number of amides is 4. The van der Waals surface area contributed by atoms with Crippen LogP contribution < -0.4 is 16.0 Å². The second-order valence-corrected chi connectivity index (χ2v) is 17.1. The summed E-state index contributed by atoms with van der Waals surface area (Å²) < 4.78 is 17.7. The van der Waals surface area contributed by atoms with Crippen molar-refractivity contribution in [2.24, 2.45) is 23.7 Å². The summed E-state index contributed by atoms with van der Waals surface area (Å²) >= 11 is 0. The van der Waals surface area contributed by atoms with Gasteiger partial charge >= 0.3 is 5.97 Å². The van der Waals surface area contributed by atoms with Crippen LogP contribution >= 0.6 is 0 Å². The number of likely N-dealkylation sites (tertiary alicyclic amines) is 1. The second-order valence-electron chi connectivity index (χ2n) is 17.1. The number of benzene rings is 1. The molecular formula is C43H73N5O8. The molecule has 0 radical (unpaired) electrons. The van der Waals surface area contributed by atoms with E-state index in [1.54, 1.807) is 58.7 Å². The Hall–Kier alpha value is -3.55. The third kappa shape index (κ3) is 13.5. The zero-order valence-electron chi connectivity index (χ0n) is 36.6. The van der Waals surface area contributed by atoms with E-state index >= 15 is 0 Å². The van der Waals surface area contributed by atoms with Gasteiger partial charge in [-0.1, -0.05) is 85.2 Å². The molecule has 1 aromatic rings. The van der Waals surface area contributed by atoms with Crippen molar-refractivity contribution in [1.29, 1.82) is 0 Å². The molecule has 13 nitrogen and oxygen atoms in total. The lowest BCUT2D eigenvalue weighted by molar-refractivity contribution is -0.159. The third-order valence-electron chi connectivity index (χ3n) is 11.0. The topological polar surface area (TPSA) is 156 Å². The quantitative estimate of drug-likeness (QED) is 0.154. The summed E-state index contributed by atoms with van der Waals surface area (Å²) in [6.07, 6.45) is 1.04. The molecule has 1 fully saturated rings. The second kappa shape index (κ2) is 22.4. The Morgan fingerprint density at radius 2 is 1.50 bits per heavy atom. The number of esters is 1. The molecule has 1 aliphatic heterocycles. The monoisotopic (exact) mass is 788 g/mol. The molecule has 318 valence electrons. The van der Waals surface area contributed by atoms with E-state index in [0.717, 1.165) is 18.4 Å². The molecule has 0 aliphatic carbocycles. The van der Waals surface area contributed by atoms with Crippen LogP contribution in [-0.4, -0.2) is 122 Å². The van der Waals surface area contributed by atoms with Gasteiger partial charge in [0, 0.05) is 34.2 Å². The van der Waals surface area contributed by atoms with Crippen LogP contribution in [0.2, 0.25) is 0 Å². The fraction of sp³-hybridized carbons (Fsp3) is 0.744. The van der Waals surface area contributed by atoms with Crippen LogP contribution in [0.3, 0.4) is 0 Å². The van der Waals surface area contributed by atoms with Gasteiger partial charge in [-0.25, -0.2) is 4.79 Å². The summed E-state index contributed by atoms with van der Waals surface area (Å²) in [4.78, 5) is 72.3. The Morgan fingerprint density at radius 3 is 2.00 bits per heavy atom. The number of nitrogens with zero attached hydrogens (tertiary/aromatic N) is 2. The van der Waals surface area contributed by atoms with Gasteiger partial charge in [0.05, 0.1) is 42.7 Å². The Kier molecular flexibility index (Phi) is 19.4. The minimum Gasteiger partial charge on any atom is -0.458 e. The van der Waals surface area contributed by atoms with Crippen molar-refractivity contribution in [3.63, 3.8) is 0 Å². The maximum absolute atomic E-state index is 14.3. The van der Waals surface area contributed by atoms with Crippen molar-refractivity contribution >= 4 is 29.6 Å². The first kappa shape index (κ1) is 48.6. The lowest BCUT2D eigenvalue weighted by Crippen LogP contribution is -2.59. The summed E-state index contributed by atoms with van der Waals surface area (Å²) in [5.74, 6) is -2.48. The highest BCUT2D eigenvalue weighted by atomic mass is 16.6. The molecule has 13 heteroatoms. The lowest BCUT2D eigenvalue weighted by Gasteiger charge is -2.41. The molecule has 1 aliphatic rings. The van der Waals surface area contributed by atoms with Crippen molar-refractivity contribution in [3.05, 3.63) is 35.9 Å². The van der Waals surface area contributed by atoms with Crippen LogP contribution in [0, 0.1) is 23.7 Å². The van der Waals surface area contributed by atoms with Gasteiger partial charge in [-0.3, -0.25) is 19.2 Å². The Morgan fingerprint density at radius 1 is 0.893 bits per heavy atom. The minimum absolute atomic E-state index is 0.00230. The highest BCUT2D eigenvalue weighted by Crippen LogP contribution is 2.30. The van der Waals surface area contributed by atoms with E-state index in [4.69, 9.17) is 14.2 Å². The Balaban J connectivity index is 2.31. The van der Waals surface area contributed by atoms with Gasteiger partial charge in [-0.15, -0.1) is 0 Å². The molecule has 0 spiro atoms. The largest absolute Gasteiger partial charge is 0.458 e. The number of likely N-dealkylation sites (N-methyl/N-ethyl adjacent to an activating group) is 2. The molecule has 3 N–H and O–H groups in total. The van der Waals surface area contributed by atoms with E-state index in [0.29, 0.717) is 13.0 Å². The molecular weight excluding hydrogens is 714 g/mol. The van der Waals surface area contributed by atoms with Crippen LogP contribution in [0.5, 0.6) is 0 Å². The number of rotatable bonds is 21. The minimum atomic E-state index is -0.923.